The lowest BCUT2D eigenvalue weighted by Gasteiger charge is -2.11. The molecule has 2 nitrogen and oxygen atoms in total. The van der Waals surface area contributed by atoms with Crippen LogP contribution < -0.4 is 4.74 Å². The number of hydrogen-bond acceptors (Lipinski definition) is 2. The number of hydrogen-bond donors (Lipinski definition) is 0. The summed E-state index contributed by atoms with van der Waals surface area (Å²) in [5.41, 5.74) is 0.459. The third kappa shape index (κ3) is 3.37. The zero-order valence-corrected chi connectivity index (χ0v) is 9.53. The van der Waals surface area contributed by atoms with Gasteiger partial charge in [-0.15, -0.1) is 0 Å². The molecule has 1 aromatic carbocycles. The third-order valence-corrected chi connectivity index (χ3v) is 2.08. The van der Waals surface area contributed by atoms with Gasteiger partial charge in [0.25, 0.3) is 0 Å². The molecule has 0 amide bonds. The monoisotopic (exact) mass is 252 g/mol. The molecule has 0 atom stereocenters. The zero-order chi connectivity index (χ0) is 10.8. The molecule has 1 aromatic rings. The van der Waals surface area contributed by atoms with E-state index in [0.29, 0.717) is 11.3 Å². The number of benzene rings is 1. The van der Waals surface area contributed by atoms with Gasteiger partial charge < -0.3 is 4.74 Å². The Hall–Kier alpha value is -0.440. The number of rotatable bonds is 1. The number of carbonyl (C=O) groups excluding carboxylic acids is 1. The van der Waals surface area contributed by atoms with Crippen molar-refractivity contribution < 1.29 is 9.53 Å². The molecule has 0 N–H and O–H groups in total. The minimum absolute atomic E-state index is 0.362. The normalized spacial score (nSPS) is 11.1. The van der Waals surface area contributed by atoms with E-state index in [1.807, 2.05) is 0 Å². The second-order valence-corrected chi connectivity index (χ2v) is 4.90. The molecule has 0 fully saturated rings. The molecule has 0 aromatic heterocycles. The highest BCUT2D eigenvalue weighted by Gasteiger charge is 2.22. The second-order valence-electron chi connectivity index (χ2n) is 2.62. The van der Waals surface area contributed by atoms with Gasteiger partial charge in [0, 0.05) is 12.5 Å². The van der Waals surface area contributed by atoms with Crippen molar-refractivity contribution >= 4 is 40.8 Å². The molecular formula is C9H7Cl3O2. The lowest BCUT2D eigenvalue weighted by Crippen LogP contribution is -2.04. The van der Waals surface area contributed by atoms with Crippen molar-refractivity contribution in [3.8, 4) is 5.75 Å². The number of carbonyl (C=O) groups is 1. The van der Waals surface area contributed by atoms with Crippen LogP contribution in [-0.2, 0) is 8.59 Å². The Morgan fingerprint density at radius 2 is 2.00 bits per heavy atom. The number of halogens is 3. The minimum atomic E-state index is -1.50. The predicted molar refractivity (Wildman–Crippen MR) is 57.0 cm³/mol. The van der Waals surface area contributed by atoms with E-state index in [0.717, 1.165) is 0 Å². The Labute approximate surface area is 96.7 Å². The van der Waals surface area contributed by atoms with Gasteiger partial charge in [-0.2, -0.15) is 0 Å². The maximum Gasteiger partial charge on any atom is 0.308 e. The Morgan fingerprint density at radius 3 is 2.50 bits per heavy atom. The van der Waals surface area contributed by atoms with Crippen molar-refractivity contribution in [2.24, 2.45) is 0 Å². The van der Waals surface area contributed by atoms with E-state index in [2.05, 4.69) is 0 Å². The van der Waals surface area contributed by atoms with Crippen LogP contribution in [0.25, 0.3) is 0 Å². The quantitative estimate of drug-likeness (QED) is 0.435. The van der Waals surface area contributed by atoms with E-state index in [-0.39, 0.29) is 0 Å². The summed E-state index contributed by atoms with van der Waals surface area (Å²) in [5.74, 6) is -0.0483. The molecule has 0 heterocycles. The molecule has 0 unspecified atom stereocenters. The summed E-state index contributed by atoms with van der Waals surface area (Å²) in [5, 5.41) is 0. The van der Waals surface area contributed by atoms with E-state index in [1.165, 1.54) is 13.0 Å². The Kier molecular flexibility index (Phi) is 3.65. The average Bonchev–Trinajstić information content (AvgIpc) is 2.01. The van der Waals surface area contributed by atoms with Crippen LogP contribution in [0.2, 0.25) is 0 Å². The lowest BCUT2D eigenvalue weighted by molar-refractivity contribution is -0.131. The van der Waals surface area contributed by atoms with E-state index in [1.54, 1.807) is 18.2 Å². The summed E-state index contributed by atoms with van der Waals surface area (Å²) in [4.78, 5) is 10.7. The summed E-state index contributed by atoms with van der Waals surface area (Å²) in [6.45, 7) is 1.31. The fourth-order valence-corrected chi connectivity index (χ4v) is 1.25. The fraction of sp³-hybridized carbons (Fsp3) is 0.222. The summed E-state index contributed by atoms with van der Waals surface area (Å²) in [7, 11) is 0. The average molecular weight is 254 g/mol. The van der Waals surface area contributed by atoms with Crippen molar-refractivity contribution in [3.63, 3.8) is 0 Å². The first-order chi connectivity index (χ1) is 6.39. The summed E-state index contributed by atoms with van der Waals surface area (Å²) in [6, 6.07) is 6.41. The van der Waals surface area contributed by atoms with Gasteiger partial charge in [0.1, 0.15) is 5.75 Å². The first kappa shape index (κ1) is 11.6. The number of ether oxygens (including phenoxy) is 1. The minimum Gasteiger partial charge on any atom is -0.427 e. The van der Waals surface area contributed by atoms with Crippen molar-refractivity contribution in [2.75, 3.05) is 0 Å². The maximum absolute atomic E-state index is 10.7. The van der Waals surface area contributed by atoms with Crippen LogP contribution in [0.3, 0.4) is 0 Å². The topological polar surface area (TPSA) is 26.3 Å². The molecule has 0 aliphatic heterocycles. The predicted octanol–water partition coefficient (Wildman–Crippen LogP) is 3.44. The third-order valence-electron chi connectivity index (χ3n) is 1.42. The molecule has 1 rings (SSSR count). The van der Waals surface area contributed by atoms with Crippen LogP contribution in [0.5, 0.6) is 5.75 Å². The molecule has 0 radical (unpaired) electrons. The maximum atomic E-state index is 10.7. The van der Waals surface area contributed by atoms with Crippen LogP contribution >= 0.6 is 34.8 Å². The van der Waals surface area contributed by atoms with Gasteiger partial charge in [0.05, 0.1) is 0 Å². The SMILES string of the molecule is CC(=O)Oc1cccc(C(Cl)(Cl)Cl)c1. The Bertz CT molecular complexity index is 344. The summed E-state index contributed by atoms with van der Waals surface area (Å²) < 4.78 is 3.33. The molecule has 5 heteroatoms. The van der Waals surface area contributed by atoms with E-state index >= 15 is 0 Å². The van der Waals surface area contributed by atoms with Crippen LogP contribution in [0.1, 0.15) is 12.5 Å². The second kappa shape index (κ2) is 4.39. The smallest absolute Gasteiger partial charge is 0.308 e. The standard InChI is InChI=1S/C9H7Cl3O2/c1-6(13)14-8-4-2-3-7(5-8)9(10,11)12/h2-5H,1H3. The van der Waals surface area contributed by atoms with Crippen LogP contribution in [0.15, 0.2) is 24.3 Å². The van der Waals surface area contributed by atoms with Crippen molar-refractivity contribution in [1.82, 2.24) is 0 Å². The van der Waals surface area contributed by atoms with Crippen LogP contribution in [0, 0.1) is 0 Å². The molecule has 0 aliphatic rings. The molecule has 0 bridgehead atoms. The highest BCUT2D eigenvalue weighted by molar-refractivity contribution is 6.66. The van der Waals surface area contributed by atoms with Crippen LogP contribution in [-0.4, -0.2) is 5.97 Å². The molecule has 0 saturated heterocycles. The lowest BCUT2D eigenvalue weighted by atomic mass is 10.2. The van der Waals surface area contributed by atoms with Gasteiger partial charge >= 0.3 is 5.97 Å². The zero-order valence-electron chi connectivity index (χ0n) is 7.26. The fourth-order valence-electron chi connectivity index (χ4n) is 0.902. The van der Waals surface area contributed by atoms with Crippen LogP contribution in [0.4, 0.5) is 0 Å². The van der Waals surface area contributed by atoms with Crippen molar-refractivity contribution in [2.45, 2.75) is 10.7 Å². The molecule has 14 heavy (non-hydrogen) atoms. The van der Waals surface area contributed by atoms with Gasteiger partial charge in [-0.05, 0) is 12.1 Å². The Balaban J connectivity index is 2.95. The van der Waals surface area contributed by atoms with Gasteiger partial charge in [-0.3, -0.25) is 4.79 Å². The largest absolute Gasteiger partial charge is 0.427 e. The highest BCUT2D eigenvalue weighted by atomic mass is 35.6. The first-order valence-corrected chi connectivity index (χ1v) is 4.88. The van der Waals surface area contributed by atoms with Crippen molar-refractivity contribution in [3.05, 3.63) is 29.8 Å². The molecule has 0 aliphatic carbocycles. The van der Waals surface area contributed by atoms with Gasteiger partial charge in [-0.1, -0.05) is 46.9 Å². The van der Waals surface area contributed by atoms with Gasteiger partial charge in [0.15, 0.2) is 0 Å². The first-order valence-electron chi connectivity index (χ1n) is 3.75. The summed E-state index contributed by atoms with van der Waals surface area (Å²) in [6.07, 6.45) is 0. The van der Waals surface area contributed by atoms with Gasteiger partial charge in [-0.25, -0.2) is 0 Å². The Morgan fingerprint density at radius 1 is 1.36 bits per heavy atom. The van der Waals surface area contributed by atoms with E-state index < -0.39 is 9.76 Å². The highest BCUT2D eigenvalue weighted by Crippen LogP contribution is 2.39. The molecular weight excluding hydrogens is 246 g/mol. The molecule has 76 valence electrons. The summed E-state index contributed by atoms with van der Waals surface area (Å²) >= 11 is 17.0. The van der Waals surface area contributed by atoms with E-state index in [4.69, 9.17) is 39.5 Å². The molecule has 0 spiro atoms. The van der Waals surface area contributed by atoms with E-state index in [9.17, 15) is 4.79 Å². The molecule has 0 saturated carbocycles. The van der Waals surface area contributed by atoms with Gasteiger partial charge in [0.2, 0.25) is 3.79 Å². The number of esters is 1. The number of alkyl halides is 3. The van der Waals surface area contributed by atoms with Crippen molar-refractivity contribution in [1.29, 1.82) is 0 Å².